The summed E-state index contributed by atoms with van der Waals surface area (Å²) in [5.41, 5.74) is 2.17. The summed E-state index contributed by atoms with van der Waals surface area (Å²) in [6.07, 6.45) is 0.309. The Kier molecular flexibility index (Phi) is 5.78. The number of aryl methyl sites for hydroxylation is 1. The molecule has 5 heteroatoms. The normalized spacial score (nSPS) is 10.0. The Bertz CT molecular complexity index is 421. The van der Waals surface area contributed by atoms with Gasteiger partial charge < -0.3 is 14.8 Å². The van der Waals surface area contributed by atoms with Gasteiger partial charge in [-0.3, -0.25) is 0 Å². The molecule has 0 atom stereocenters. The van der Waals surface area contributed by atoms with Crippen molar-refractivity contribution in [3.8, 4) is 5.75 Å². The van der Waals surface area contributed by atoms with E-state index in [1.54, 1.807) is 14.0 Å². The molecule has 0 saturated carbocycles. The molecule has 100 valence electrons. The van der Waals surface area contributed by atoms with E-state index in [1.165, 1.54) is 0 Å². The number of benzene rings is 1. The number of ether oxygens (including phenoxy) is 2. The van der Waals surface area contributed by atoms with Crippen molar-refractivity contribution in [3.63, 3.8) is 0 Å². The smallest absolute Gasteiger partial charge is 0.407 e. The summed E-state index contributed by atoms with van der Waals surface area (Å²) in [6.45, 7) is 4.65. The first kappa shape index (κ1) is 14.6. The average Bonchev–Trinajstić information content (AvgIpc) is 2.33. The summed E-state index contributed by atoms with van der Waals surface area (Å²) in [4.78, 5) is 11.1. The molecule has 0 fully saturated rings. The van der Waals surface area contributed by atoms with Crippen LogP contribution >= 0.6 is 11.6 Å². The van der Waals surface area contributed by atoms with E-state index in [9.17, 15) is 4.79 Å². The number of halogens is 1. The van der Waals surface area contributed by atoms with E-state index in [1.807, 2.05) is 19.1 Å². The summed E-state index contributed by atoms with van der Waals surface area (Å²) in [5.74, 6) is 0.663. The van der Waals surface area contributed by atoms with Gasteiger partial charge in [0.15, 0.2) is 0 Å². The largest absolute Gasteiger partial charge is 0.495 e. The first-order valence-corrected chi connectivity index (χ1v) is 6.20. The van der Waals surface area contributed by atoms with Crippen molar-refractivity contribution < 1.29 is 14.3 Å². The second-order valence-corrected chi connectivity index (χ2v) is 4.22. The van der Waals surface area contributed by atoms with Gasteiger partial charge in [0, 0.05) is 6.54 Å². The number of nitrogens with one attached hydrogen (secondary N) is 1. The quantitative estimate of drug-likeness (QED) is 0.896. The molecule has 0 aliphatic heterocycles. The zero-order valence-electron chi connectivity index (χ0n) is 10.9. The number of alkyl carbamates (subject to hydrolysis) is 1. The molecule has 4 nitrogen and oxygen atoms in total. The van der Waals surface area contributed by atoms with Gasteiger partial charge in [-0.15, -0.1) is 0 Å². The van der Waals surface area contributed by atoms with E-state index >= 15 is 0 Å². The molecule has 0 spiro atoms. The Morgan fingerprint density at radius 3 is 2.78 bits per heavy atom. The molecule has 1 amide bonds. The monoisotopic (exact) mass is 271 g/mol. The van der Waals surface area contributed by atoms with Gasteiger partial charge in [0.2, 0.25) is 0 Å². The maximum atomic E-state index is 11.1. The van der Waals surface area contributed by atoms with Gasteiger partial charge in [0.1, 0.15) is 5.75 Å². The minimum Gasteiger partial charge on any atom is -0.495 e. The van der Waals surface area contributed by atoms with Crippen molar-refractivity contribution in [2.45, 2.75) is 20.3 Å². The lowest BCUT2D eigenvalue weighted by atomic mass is 10.1. The molecular formula is C13H18ClNO3. The van der Waals surface area contributed by atoms with Crippen LogP contribution in [0.1, 0.15) is 18.1 Å². The molecule has 0 saturated heterocycles. The van der Waals surface area contributed by atoms with E-state index in [-0.39, 0.29) is 0 Å². The number of hydrogen-bond donors (Lipinski definition) is 1. The van der Waals surface area contributed by atoms with Crippen molar-refractivity contribution >= 4 is 17.7 Å². The van der Waals surface area contributed by atoms with E-state index in [2.05, 4.69) is 5.32 Å². The Hall–Kier alpha value is -1.42. The number of amides is 1. The van der Waals surface area contributed by atoms with Gasteiger partial charge in [-0.2, -0.15) is 0 Å². The zero-order chi connectivity index (χ0) is 13.5. The molecule has 1 aromatic carbocycles. The Morgan fingerprint density at radius 2 is 2.17 bits per heavy atom. The second-order valence-electron chi connectivity index (χ2n) is 3.81. The van der Waals surface area contributed by atoms with Crippen molar-refractivity contribution in [2.75, 3.05) is 20.3 Å². The first-order chi connectivity index (χ1) is 8.58. The van der Waals surface area contributed by atoms with E-state index < -0.39 is 6.09 Å². The summed E-state index contributed by atoms with van der Waals surface area (Å²) >= 11 is 6.06. The SMILES string of the molecule is CCOC(=O)NCCc1cc(Cl)c(OC)cc1C. The van der Waals surface area contributed by atoms with Crippen LogP contribution in [-0.4, -0.2) is 26.4 Å². The second kappa shape index (κ2) is 7.11. The average molecular weight is 272 g/mol. The molecule has 1 rings (SSSR count). The van der Waals surface area contributed by atoms with Crippen molar-refractivity contribution in [1.82, 2.24) is 5.32 Å². The molecule has 0 aliphatic rings. The number of methoxy groups -OCH3 is 1. The fourth-order valence-electron chi connectivity index (χ4n) is 1.60. The number of rotatable bonds is 5. The Morgan fingerprint density at radius 1 is 1.44 bits per heavy atom. The molecule has 0 unspecified atom stereocenters. The summed E-state index contributed by atoms with van der Waals surface area (Å²) < 4.78 is 9.91. The van der Waals surface area contributed by atoms with Gasteiger partial charge in [-0.05, 0) is 43.5 Å². The Balaban J connectivity index is 2.57. The van der Waals surface area contributed by atoms with E-state index in [0.29, 0.717) is 30.3 Å². The number of carbonyl (C=O) groups is 1. The van der Waals surface area contributed by atoms with Crippen molar-refractivity contribution in [2.24, 2.45) is 0 Å². The van der Waals surface area contributed by atoms with E-state index in [4.69, 9.17) is 21.1 Å². The highest BCUT2D eigenvalue weighted by atomic mass is 35.5. The molecule has 0 radical (unpaired) electrons. The molecule has 18 heavy (non-hydrogen) atoms. The van der Waals surface area contributed by atoms with Gasteiger partial charge in [0.25, 0.3) is 0 Å². The van der Waals surface area contributed by atoms with Crippen LogP contribution in [0.4, 0.5) is 4.79 Å². The predicted molar refractivity (Wildman–Crippen MR) is 71.5 cm³/mol. The van der Waals surface area contributed by atoms with Crippen LogP contribution in [0, 0.1) is 6.92 Å². The lowest BCUT2D eigenvalue weighted by Gasteiger charge is -2.10. The third-order valence-electron chi connectivity index (χ3n) is 2.55. The topological polar surface area (TPSA) is 47.6 Å². The van der Waals surface area contributed by atoms with Gasteiger partial charge in [0.05, 0.1) is 18.7 Å². The Labute approximate surface area is 112 Å². The summed E-state index contributed by atoms with van der Waals surface area (Å²) in [5, 5.41) is 3.25. The standard InChI is InChI=1S/C13H18ClNO3/c1-4-18-13(16)15-6-5-10-8-11(14)12(17-3)7-9(10)2/h7-8H,4-6H2,1-3H3,(H,15,16). The van der Waals surface area contributed by atoms with Crippen LogP contribution in [0.2, 0.25) is 5.02 Å². The summed E-state index contributed by atoms with van der Waals surface area (Å²) in [7, 11) is 1.59. The molecule has 1 N–H and O–H groups in total. The zero-order valence-corrected chi connectivity index (χ0v) is 11.6. The van der Waals surface area contributed by atoms with Crippen LogP contribution in [-0.2, 0) is 11.2 Å². The lowest BCUT2D eigenvalue weighted by Crippen LogP contribution is -2.26. The predicted octanol–water partition coefficient (Wildman–Crippen LogP) is 2.95. The maximum Gasteiger partial charge on any atom is 0.407 e. The molecular weight excluding hydrogens is 254 g/mol. The molecule has 0 bridgehead atoms. The highest BCUT2D eigenvalue weighted by molar-refractivity contribution is 6.32. The maximum absolute atomic E-state index is 11.1. The van der Waals surface area contributed by atoms with E-state index in [0.717, 1.165) is 11.1 Å². The van der Waals surface area contributed by atoms with Gasteiger partial charge in [-0.25, -0.2) is 4.79 Å². The lowest BCUT2D eigenvalue weighted by molar-refractivity contribution is 0.152. The van der Waals surface area contributed by atoms with Crippen LogP contribution in [0.3, 0.4) is 0 Å². The minimum absolute atomic E-state index is 0.374. The highest BCUT2D eigenvalue weighted by Crippen LogP contribution is 2.27. The van der Waals surface area contributed by atoms with Crippen LogP contribution in [0.25, 0.3) is 0 Å². The van der Waals surface area contributed by atoms with Gasteiger partial charge in [-0.1, -0.05) is 11.6 Å². The molecule has 0 heterocycles. The highest BCUT2D eigenvalue weighted by Gasteiger charge is 2.07. The summed E-state index contributed by atoms with van der Waals surface area (Å²) in [6, 6.07) is 3.75. The van der Waals surface area contributed by atoms with Crippen LogP contribution in [0.5, 0.6) is 5.75 Å². The molecule has 0 aromatic heterocycles. The third kappa shape index (κ3) is 4.11. The van der Waals surface area contributed by atoms with Crippen molar-refractivity contribution in [3.05, 3.63) is 28.3 Å². The number of hydrogen-bond acceptors (Lipinski definition) is 3. The van der Waals surface area contributed by atoms with Crippen LogP contribution < -0.4 is 10.1 Å². The van der Waals surface area contributed by atoms with Crippen molar-refractivity contribution in [1.29, 1.82) is 0 Å². The minimum atomic E-state index is -0.394. The van der Waals surface area contributed by atoms with Gasteiger partial charge >= 0.3 is 6.09 Å². The first-order valence-electron chi connectivity index (χ1n) is 5.82. The fraction of sp³-hybridized carbons (Fsp3) is 0.462. The molecule has 1 aromatic rings. The fourth-order valence-corrected chi connectivity index (χ4v) is 1.87. The third-order valence-corrected chi connectivity index (χ3v) is 2.84. The molecule has 0 aliphatic carbocycles. The van der Waals surface area contributed by atoms with Crippen LogP contribution in [0.15, 0.2) is 12.1 Å². The number of carbonyl (C=O) groups excluding carboxylic acids is 1.